The number of fused-ring (bicyclic) bond motifs is 1. The van der Waals surface area contributed by atoms with Crippen LogP contribution in [0.15, 0.2) is 42.7 Å². The summed E-state index contributed by atoms with van der Waals surface area (Å²) in [5.41, 5.74) is 3.78. The van der Waals surface area contributed by atoms with E-state index in [4.69, 9.17) is 4.74 Å². The van der Waals surface area contributed by atoms with Crippen molar-refractivity contribution in [3.63, 3.8) is 0 Å². The van der Waals surface area contributed by atoms with Crippen LogP contribution in [0.3, 0.4) is 0 Å². The molecule has 1 aliphatic rings. The Hall–Kier alpha value is -2.49. The second kappa shape index (κ2) is 5.48. The maximum absolute atomic E-state index is 14.0. The standard InChI is InChI=1S/C17H14FNO2/c1-21-17(20)12-6-5-11-3-2-4-13(15(11)9-12)14-7-8-19-10-16(14)18/h4-10H,2-3H2,1H3. The monoisotopic (exact) mass is 283 g/mol. The summed E-state index contributed by atoms with van der Waals surface area (Å²) < 4.78 is 18.7. The van der Waals surface area contributed by atoms with Crippen LogP contribution in [0.4, 0.5) is 4.39 Å². The highest BCUT2D eigenvalue weighted by atomic mass is 19.1. The van der Waals surface area contributed by atoms with Crippen LogP contribution in [0, 0.1) is 5.82 Å². The molecule has 0 radical (unpaired) electrons. The molecule has 0 spiro atoms. The number of aryl methyl sites for hydroxylation is 1. The van der Waals surface area contributed by atoms with E-state index in [0.717, 1.165) is 29.5 Å². The summed E-state index contributed by atoms with van der Waals surface area (Å²) in [4.78, 5) is 15.5. The predicted octanol–water partition coefficient (Wildman–Crippen LogP) is 3.39. The van der Waals surface area contributed by atoms with Gasteiger partial charge >= 0.3 is 5.97 Å². The highest BCUT2D eigenvalue weighted by molar-refractivity contribution is 5.92. The Kier molecular flexibility index (Phi) is 3.52. The van der Waals surface area contributed by atoms with Crippen LogP contribution in [0.5, 0.6) is 0 Å². The van der Waals surface area contributed by atoms with Gasteiger partial charge in [0.2, 0.25) is 0 Å². The van der Waals surface area contributed by atoms with E-state index in [0.29, 0.717) is 11.1 Å². The molecule has 0 saturated carbocycles. The number of hydrogen-bond acceptors (Lipinski definition) is 3. The molecular weight excluding hydrogens is 269 g/mol. The van der Waals surface area contributed by atoms with E-state index in [1.807, 2.05) is 12.1 Å². The first-order valence-electron chi connectivity index (χ1n) is 6.72. The fourth-order valence-corrected chi connectivity index (χ4v) is 2.62. The maximum atomic E-state index is 14.0. The number of benzene rings is 1. The van der Waals surface area contributed by atoms with E-state index in [-0.39, 0.29) is 5.82 Å². The Morgan fingerprint density at radius 2 is 2.14 bits per heavy atom. The zero-order chi connectivity index (χ0) is 14.8. The van der Waals surface area contributed by atoms with Crippen molar-refractivity contribution in [3.8, 4) is 0 Å². The lowest BCUT2D eigenvalue weighted by molar-refractivity contribution is 0.0600. The zero-order valence-electron chi connectivity index (χ0n) is 11.6. The van der Waals surface area contributed by atoms with Crippen molar-refractivity contribution < 1.29 is 13.9 Å². The fourth-order valence-electron chi connectivity index (χ4n) is 2.62. The first-order chi connectivity index (χ1) is 10.2. The number of halogens is 1. The minimum atomic E-state index is -0.391. The number of carbonyl (C=O) groups excluding carboxylic acids is 1. The van der Waals surface area contributed by atoms with Gasteiger partial charge in [-0.25, -0.2) is 9.18 Å². The molecule has 0 saturated heterocycles. The number of aromatic nitrogens is 1. The molecule has 0 aliphatic heterocycles. The lowest BCUT2D eigenvalue weighted by Crippen LogP contribution is -2.07. The summed E-state index contributed by atoms with van der Waals surface area (Å²) in [6.07, 6.45) is 6.50. The van der Waals surface area contributed by atoms with Gasteiger partial charge in [-0.3, -0.25) is 4.98 Å². The third kappa shape index (κ3) is 2.44. The van der Waals surface area contributed by atoms with Crippen LogP contribution < -0.4 is 0 Å². The molecule has 0 amide bonds. The van der Waals surface area contributed by atoms with Gasteiger partial charge in [-0.15, -0.1) is 0 Å². The molecule has 1 heterocycles. The molecule has 21 heavy (non-hydrogen) atoms. The average Bonchev–Trinajstić information content (AvgIpc) is 2.53. The molecule has 3 rings (SSSR count). The Morgan fingerprint density at radius 1 is 1.29 bits per heavy atom. The van der Waals surface area contributed by atoms with Gasteiger partial charge in [0.1, 0.15) is 5.82 Å². The number of ether oxygens (including phenoxy) is 1. The van der Waals surface area contributed by atoms with E-state index in [9.17, 15) is 9.18 Å². The van der Waals surface area contributed by atoms with Gasteiger partial charge in [-0.1, -0.05) is 12.1 Å². The number of rotatable bonds is 2. The van der Waals surface area contributed by atoms with Gasteiger partial charge in [-0.2, -0.15) is 0 Å². The predicted molar refractivity (Wildman–Crippen MR) is 77.4 cm³/mol. The molecule has 1 aromatic heterocycles. The van der Waals surface area contributed by atoms with Gasteiger partial charge in [-0.05, 0) is 47.7 Å². The largest absolute Gasteiger partial charge is 0.465 e. The first kappa shape index (κ1) is 13.5. The summed E-state index contributed by atoms with van der Waals surface area (Å²) in [5.74, 6) is -0.752. The van der Waals surface area contributed by atoms with Gasteiger partial charge in [0.05, 0.1) is 18.9 Å². The van der Waals surface area contributed by atoms with Crippen molar-refractivity contribution in [3.05, 3.63) is 70.8 Å². The fraction of sp³-hybridized carbons (Fsp3) is 0.176. The van der Waals surface area contributed by atoms with Gasteiger partial charge in [0, 0.05) is 11.8 Å². The minimum Gasteiger partial charge on any atom is -0.465 e. The normalized spacial score (nSPS) is 13.3. The Labute approximate surface area is 122 Å². The molecule has 0 fully saturated rings. The van der Waals surface area contributed by atoms with E-state index in [1.54, 1.807) is 24.4 Å². The molecule has 0 bridgehead atoms. The summed E-state index contributed by atoms with van der Waals surface area (Å²) in [5, 5.41) is 0. The second-order valence-electron chi connectivity index (χ2n) is 4.88. The Bertz CT molecular complexity index is 737. The van der Waals surface area contributed by atoms with Crippen LogP contribution in [-0.4, -0.2) is 18.1 Å². The van der Waals surface area contributed by atoms with Crippen LogP contribution >= 0.6 is 0 Å². The van der Waals surface area contributed by atoms with Crippen molar-refractivity contribution in [2.24, 2.45) is 0 Å². The van der Waals surface area contributed by atoms with Crippen molar-refractivity contribution in [2.45, 2.75) is 12.8 Å². The summed E-state index contributed by atoms with van der Waals surface area (Å²) in [6.45, 7) is 0. The van der Waals surface area contributed by atoms with E-state index >= 15 is 0 Å². The number of pyridine rings is 1. The molecule has 0 unspecified atom stereocenters. The molecule has 1 aromatic carbocycles. The first-order valence-corrected chi connectivity index (χ1v) is 6.72. The third-order valence-electron chi connectivity index (χ3n) is 3.65. The topological polar surface area (TPSA) is 39.2 Å². The highest BCUT2D eigenvalue weighted by Gasteiger charge is 2.19. The quantitative estimate of drug-likeness (QED) is 0.793. The van der Waals surface area contributed by atoms with Crippen LogP contribution in [-0.2, 0) is 11.2 Å². The van der Waals surface area contributed by atoms with Crippen molar-refractivity contribution >= 4 is 11.5 Å². The summed E-state index contributed by atoms with van der Waals surface area (Å²) in [6, 6.07) is 7.08. The third-order valence-corrected chi connectivity index (χ3v) is 3.65. The second-order valence-corrected chi connectivity index (χ2v) is 4.88. The molecule has 106 valence electrons. The van der Waals surface area contributed by atoms with Crippen molar-refractivity contribution in [1.82, 2.24) is 4.98 Å². The maximum Gasteiger partial charge on any atom is 0.337 e. The molecule has 0 N–H and O–H groups in total. The van der Waals surface area contributed by atoms with Crippen molar-refractivity contribution in [2.75, 3.05) is 7.11 Å². The van der Waals surface area contributed by atoms with Crippen LogP contribution in [0.25, 0.3) is 5.57 Å². The van der Waals surface area contributed by atoms with E-state index in [1.165, 1.54) is 13.3 Å². The van der Waals surface area contributed by atoms with Crippen LogP contribution in [0.1, 0.15) is 33.5 Å². The molecular formula is C17H14FNO2. The smallest absolute Gasteiger partial charge is 0.337 e. The number of methoxy groups -OCH3 is 1. The number of carbonyl (C=O) groups is 1. The van der Waals surface area contributed by atoms with Gasteiger partial charge in [0.25, 0.3) is 0 Å². The summed E-state index contributed by atoms with van der Waals surface area (Å²) in [7, 11) is 1.35. The highest BCUT2D eigenvalue weighted by Crippen LogP contribution is 2.33. The molecule has 0 atom stereocenters. The average molecular weight is 283 g/mol. The van der Waals surface area contributed by atoms with Gasteiger partial charge < -0.3 is 4.74 Å². The molecule has 1 aliphatic carbocycles. The van der Waals surface area contributed by atoms with Gasteiger partial charge in [0.15, 0.2) is 0 Å². The summed E-state index contributed by atoms with van der Waals surface area (Å²) >= 11 is 0. The van der Waals surface area contributed by atoms with E-state index < -0.39 is 5.97 Å². The number of nitrogens with zero attached hydrogens (tertiary/aromatic N) is 1. The van der Waals surface area contributed by atoms with Crippen molar-refractivity contribution in [1.29, 1.82) is 0 Å². The Balaban J connectivity index is 2.13. The molecule has 4 heteroatoms. The number of allylic oxidation sites excluding steroid dienone is 1. The lowest BCUT2D eigenvalue weighted by atomic mass is 9.86. The number of esters is 1. The Morgan fingerprint density at radius 3 is 2.90 bits per heavy atom. The zero-order valence-corrected chi connectivity index (χ0v) is 11.6. The SMILES string of the molecule is COC(=O)c1ccc2c(c1)C(c1ccncc1F)=CCC2. The molecule has 3 nitrogen and oxygen atoms in total. The number of hydrogen-bond donors (Lipinski definition) is 0. The lowest BCUT2D eigenvalue weighted by Gasteiger charge is -2.19. The molecule has 2 aromatic rings. The van der Waals surface area contributed by atoms with Crippen LogP contribution in [0.2, 0.25) is 0 Å². The van der Waals surface area contributed by atoms with E-state index in [2.05, 4.69) is 4.98 Å². The minimum absolute atomic E-state index is 0.361.